The number of aliphatic imine (C=N–C) groups is 1. The number of nitrogens with zero attached hydrogens (tertiary/aromatic N) is 3. The molecule has 0 spiro atoms. The predicted octanol–water partition coefficient (Wildman–Crippen LogP) is 9.43. The fourth-order valence-electron chi connectivity index (χ4n) is 6.43. The van der Waals surface area contributed by atoms with Gasteiger partial charge in [-0.25, -0.2) is 0 Å². The van der Waals surface area contributed by atoms with Crippen molar-refractivity contribution in [2.24, 2.45) is 10.9 Å². The molecule has 3 aliphatic rings. The highest BCUT2D eigenvalue weighted by atomic mass is 15.2. The molecule has 1 aliphatic carbocycles. The lowest BCUT2D eigenvalue weighted by Crippen LogP contribution is -2.43. The van der Waals surface area contributed by atoms with Crippen LogP contribution in [0.4, 0.5) is 5.69 Å². The molecule has 2 saturated heterocycles. The van der Waals surface area contributed by atoms with E-state index in [1.54, 1.807) is 0 Å². The summed E-state index contributed by atoms with van der Waals surface area (Å²) in [7, 11) is 0. The Bertz CT molecular complexity index is 978. The zero-order valence-corrected chi connectivity index (χ0v) is 26.1. The molecule has 0 N–H and O–H groups in total. The van der Waals surface area contributed by atoms with Gasteiger partial charge in [-0.2, -0.15) is 0 Å². The van der Waals surface area contributed by atoms with E-state index in [1.165, 1.54) is 143 Å². The smallest absolute Gasteiger partial charge is 0.0389 e. The van der Waals surface area contributed by atoms with Crippen molar-refractivity contribution in [1.29, 1.82) is 0 Å². The van der Waals surface area contributed by atoms with E-state index in [0.29, 0.717) is 0 Å². The maximum absolute atomic E-state index is 4.90. The highest BCUT2D eigenvalue weighted by Gasteiger charge is 2.27. The second kappa shape index (κ2) is 17.5. The van der Waals surface area contributed by atoms with E-state index in [-0.39, 0.29) is 0 Å². The molecule has 3 nitrogen and oxygen atoms in total. The van der Waals surface area contributed by atoms with Gasteiger partial charge in [-0.05, 0) is 119 Å². The van der Waals surface area contributed by atoms with Gasteiger partial charge in [-0.3, -0.25) is 4.99 Å². The number of likely N-dealkylation sites (tertiary alicyclic amines) is 1. The molecular formula is C37H57N3. The third-order valence-electron chi connectivity index (χ3n) is 9.10. The van der Waals surface area contributed by atoms with E-state index < -0.39 is 0 Å². The Morgan fingerprint density at radius 1 is 0.925 bits per heavy atom. The number of allylic oxidation sites excluding steroid dienone is 3. The van der Waals surface area contributed by atoms with Gasteiger partial charge in [-0.1, -0.05) is 63.7 Å². The van der Waals surface area contributed by atoms with E-state index in [4.69, 9.17) is 4.99 Å². The minimum Gasteiger partial charge on any atom is -0.371 e. The molecule has 2 aliphatic heterocycles. The van der Waals surface area contributed by atoms with Crippen LogP contribution in [-0.2, 0) is 0 Å². The Balaban J connectivity index is 0.00000216. The third-order valence-corrected chi connectivity index (χ3v) is 9.10. The van der Waals surface area contributed by atoms with Crippen LogP contribution in [0.25, 0.3) is 11.1 Å². The van der Waals surface area contributed by atoms with Gasteiger partial charge in [0.25, 0.3) is 0 Å². The van der Waals surface area contributed by atoms with E-state index in [9.17, 15) is 0 Å². The van der Waals surface area contributed by atoms with Crippen LogP contribution in [0.3, 0.4) is 0 Å². The van der Waals surface area contributed by atoms with E-state index in [1.807, 2.05) is 0 Å². The van der Waals surface area contributed by atoms with Gasteiger partial charge in [0.15, 0.2) is 0 Å². The van der Waals surface area contributed by atoms with Gasteiger partial charge in [0, 0.05) is 37.6 Å². The monoisotopic (exact) mass is 543 g/mol. The molecule has 1 aromatic rings. The molecule has 3 fully saturated rings. The Morgan fingerprint density at radius 3 is 2.27 bits per heavy atom. The van der Waals surface area contributed by atoms with Crippen molar-refractivity contribution >= 4 is 23.0 Å². The lowest BCUT2D eigenvalue weighted by molar-refractivity contribution is 0.208. The molecule has 0 bridgehead atoms. The summed E-state index contributed by atoms with van der Waals surface area (Å²) in [4.78, 5) is 10.3. The van der Waals surface area contributed by atoms with Crippen LogP contribution in [-0.4, -0.2) is 49.9 Å². The standard InChI is InChI=1S/C35H55N3.C2H2/c1-5-6-7-8-9-13-29(4)34-26-32(38-24-19-31(20-25-38)37-22-10-11-23-37)17-18-33(34)35(28(2)3)27-36-21-12-14-30-15-16-30;1-2/h17-18,26-27,30-31H,4-16,19-25H2,1-3H3;1-2H. The van der Waals surface area contributed by atoms with Crippen LogP contribution in [0.1, 0.15) is 122 Å². The Kier molecular flexibility index (Phi) is 14.1. The second-order valence-corrected chi connectivity index (χ2v) is 12.5. The molecule has 0 amide bonds. The maximum atomic E-state index is 4.90. The average molecular weight is 544 g/mol. The molecule has 3 heteroatoms. The lowest BCUT2D eigenvalue weighted by Gasteiger charge is -2.38. The molecule has 0 aromatic heterocycles. The zero-order valence-electron chi connectivity index (χ0n) is 26.1. The summed E-state index contributed by atoms with van der Waals surface area (Å²) in [6.07, 6.45) is 28.6. The highest BCUT2D eigenvalue weighted by Crippen LogP contribution is 2.35. The number of hydrogen-bond acceptors (Lipinski definition) is 3. The fraction of sp³-hybridized carbons (Fsp3) is 0.649. The summed E-state index contributed by atoms with van der Waals surface area (Å²) in [5.41, 5.74) is 7.98. The number of anilines is 1. The average Bonchev–Trinajstić information content (AvgIpc) is 3.65. The van der Waals surface area contributed by atoms with Gasteiger partial charge in [0.05, 0.1) is 0 Å². The van der Waals surface area contributed by atoms with Crippen molar-refractivity contribution in [3.8, 4) is 12.8 Å². The number of piperidine rings is 1. The first kappa shape index (κ1) is 32.2. The van der Waals surface area contributed by atoms with Crippen molar-refractivity contribution < 1.29 is 0 Å². The van der Waals surface area contributed by atoms with Gasteiger partial charge in [0.1, 0.15) is 0 Å². The Morgan fingerprint density at radius 2 is 1.62 bits per heavy atom. The molecular weight excluding hydrogens is 486 g/mol. The molecule has 2 heterocycles. The minimum absolute atomic E-state index is 0.791. The first-order chi connectivity index (χ1) is 19.6. The van der Waals surface area contributed by atoms with Crippen LogP contribution >= 0.6 is 0 Å². The van der Waals surface area contributed by atoms with Crippen LogP contribution < -0.4 is 4.90 Å². The highest BCUT2D eigenvalue weighted by molar-refractivity contribution is 6.12. The molecule has 220 valence electrons. The number of rotatable bonds is 15. The molecule has 1 aromatic carbocycles. The SMILES string of the molecule is C#C.C=C(CCCCCCC)c1cc(N2CCC(N3CCCC3)CC2)ccc1C(C=NCCCC1CC1)=C(C)C. The van der Waals surface area contributed by atoms with Gasteiger partial charge in [0.2, 0.25) is 0 Å². The van der Waals surface area contributed by atoms with Crippen LogP contribution in [0, 0.1) is 18.8 Å². The van der Waals surface area contributed by atoms with Gasteiger partial charge >= 0.3 is 0 Å². The summed E-state index contributed by atoms with van der Waals surface area (Å²) >= 11 is 0. The fourth-order valence-corrected chi connectivity index (χ4v) is 6.43. The first-order valence-corrected chi connectivity index (χ1v) is 16.4. The van der Waals surface area contributed by atoms with Gasteiger partial charge < -0.3 is 9.80 Å². The predicted molar refractivity (Wildman–Crippen MR) is 178 cm³/mol. The molecule has 40 heavy (non-hydrogen) atoms. The maximum Gasteiger partial charge on any atom is 0.0389 e. The van der Waals surface area contributed by atoms with Crippen LogP contribution in [0.15, 0.2) is 35.3 Å². The van der Waals surface area contributed by atoms with Gasteiger partial charge in [-0.15, -0.1) is 12.8 Å². The van der Waals surface area contributed by atoms with Crippen molar-refractivity contribution in [1.82, 2.24) is 4.90 Å². The van der Waals surface area contributed by atoms with Crippen molar-refractivity contribution in [3.63, 3.8) is 0 Å². The Hall–Kier alpha value is -2.31. The second-order valence-electron chi connectivity index (χ2n) is 12.5. The van der Waals surface area contributed by atoms with Crippen LogP contribution in [0.2, 0.25) is 0 Å². The minimum atomic E-state index is 0.791. The summed E-state index contributed by atoms with van der Waals surface area (Å²) in [6.45, 7) is 17.3. The van der Waals surface area contributed by atoms with E-state index in [0.717, 1.165) is 24.9 Å². The van der Waals surface area contributed by atoms with Crippen molar-refractivity contribution in [3.05, 3.63) is 41.5 Å². The molecule has 4 rings (SSSR count). The van der Waals surface area contributed by atoms with E-state index >= 15 is 0 Å². The largest absolute Gasteiger partial charge is 0.371 e. The topological polar surface area (TPSA) is 18.8 Å². The number of unbranched alkanes of at least 4 members (excludes halogenated alkanes) is 4. The molecule has 0 atom stereocenters. The number of hydrogen-bond donors (Lipinski definition) is 0. The van der Waals surface area contributed by atoms with E-state index in [2.05, 4.69) is 74.4 Å². The zero-order chi connectivity index (χ0) is 28.7. The quantitative estimate of drug-likeness (QED) is 0.125. The lowest BCUT2D eigenvalue weighted by atomic mass is 9.90. The summed E-state index contributed by atoms with van der Waals surface area (Å²) in [5.74, 6) is 0.994. The van der Waals surface area contributed by atoms with Crippen LogP contribution in [0.5, 0.6) is 0 Å². The van der Waals surface area contributed by atoms with Crippen molar-refractivity contribution in [2.75, 3.05) is 37.6 Å². The number of terminal acetylenes is 1. The molecule has 0 unspecified atom stereocenters. The summed E-state index contributed by atoms with van der Waals surface area (Å²) < 4.78 is 0. The third kappa shape index (κ3) is 9.95. The summed E-state index contributed by atoms with van der Waals surface area (Å²) in [5, 5.41) is 0. The normalized spacial score (nSPS) is 18.1. The van der Waals surface area contributed by atoms with Crippen molar-refractivity contribution in [2.45, 2.75) is 117 Å². The summed E-state index contributed by atoms with van der Waals surface area (Å²) in [6, 6.07) is 7.99. The first-order valence-electron chi connectivity index (χ1n) is 16.4. The molecule has 1 saturated carbocycles. The number of benzene rings is 1. The molecule has 0 radical (unpaired) electrons. The Labute approximate surface area is 247 Å².